The molecule has 1 aromatic heterocycles. The van der Waals surface area contributed by atoms with Crippen LogP contribution in [0.2, 0.25) is 5.02 Å². The molecule has 0 aliphatic heterocycles. The Hall–Kier alpha value is -3.20. The average Bonchev–Trinajstić information content (AvgIpc) is 3.68. The van der Waals surface area contributed by atoms with Gasteiger partial charge in [0.15, 0.2) is 5.82 Å². The molecule has 0 bridgehead atoms. The molecule has 1 N–H and O–H groups in total. The lowest BCUT2D eigenvalue weighted by Gasteiger charge is -2.26. The molecule has 1 atom stereocenters. The summed E-state index contributed by atoms with van der Waals surface area (Å²) in [5.41, 5.74) is -1.51. The highest BCUT2D eigenvalue weighted by Gasteiger charge is 2.51. The normalized spacial score (nSPS) is 14.9. The molecular weight excluding hydrogens is 507 g/mol. The lowest BCUT2D eigenvalue weighted by molar-refractivity contribution is -0.210. The van der Waals surface area contributed by atoms with Gasteiger partial charge in [-0.2, -0.15) is 18.2 Å². The number of rotatable bonds is 9. The zero-order valence-electron chi connectivity index (χ0n) is 20.7. The number of carbonyl (C=O) groups is 1. The first-order chi connectivity index (χ1) is 17.3. The molecule has 1 heterocycles. The van der Waals surface area contributed by atoms with E-state index >= 15 is 0 Å². The molecule has 3 aromatic rings. The molecule has 37 heavy (non-hydrogen) atoms. The zero-order chi connectivity index (χ0) is 27.0. The fourth-order valence-electron chi connectivity index (χ4n) is 3.84. The number of ether oxygens (including phenoxy) is 1. The molecule has 1 fully saturated rings. The summed E-state index contributed by atoms with van der Waals surface area (Å²) in [4.78, 5) is 35.6. The number of ketones is 1. The van der Waals surface area contributed by atoms with Crippen LogP contribution in [0.1, 0.15) is 45.6 Å². The third-order valence-corrected chi connectivity index (χ3v) is 7.03. The fourth-order valence-corrected chi connectivity index (χ4v) is 4.04. The van der Waals surface area contributed by atoms with E-state index < -0.39 is 23.1 Å². The number of carbonyl (C=O) groups excluding carboxylic acids is 1. The maximum atomic E-state index is 13.2. The van der Waals surface area contributed by atoms with Gasteiger partial charge in [0.05, 0.1) is 11.1 Å². The number of aromatic nitrogens is 3. The van der Waals surface area contributed by atoms with Gasteiger partial charge in [0, 0.05) is 17.5 Å². The zero-order valence-corrected chi connectivity index (χ0v) is 21.4. The van der Waals surface area contributed by atoms with Crippen molar-refractivity contribution in [1.29, 1.82) is 0 Å². The molecule has 1 aliphatic rings. The third kappa shape index (κ3) is 6.21. The Balaban J connectivity index is 1.55. The van der Waals surface area contributed by atoms with Crippen LogP contribution in [0.25, 0.3) is 22.8 Å². The lowest BCUT2D eigenvalue weighted by Crippen LogP contribution is -2.39. The summed E-state index contributed by atoms with van der Waals surface area (Å²) >= 11 is 6.36. The van der Waals surface area contributed by atoms with Crippen LogP contribution in [0.15, 0.2) is 47.3 Å². The summed E-state index contributed by atoms with van der Waals surface area (Å²) in [6, 6.07) is 11.9. The van der Waals surface area contributed by atoms with Gasteiger partial charge >= 0.3 is 11.9 Å². The van der Waals surface area contributed by atoms with E-state index in [4.69, 9.17) is 16.3 Å². The number of nitrogens with zero attached hydrogens (tertiary/aromatic N) is 2. The second-order valence-electron chi connectivity index (χ2n) is 9.87. The topological polar surface area (TPSA) is 84.9 Å². The molecule has 0 spiro atoms. The van der Waals surface area contributed by atoms with Crippen molar-refractivity contribution in [3.8, 4) is 28.5 Å². The van der Waals surface area contributed by atoms with Crippen molar-refractivity contribution in [2.45, 2.75) is 58.7 Å². The van der Waals surface area contributed by atoms with Crippen LogP contribution in [0.3, 0.4) is 0 Å². The Labute approximate surface area is 217 Å². The molecule has 196 valence electrons. The van der Waals surface area contributed by atoms with Crippen molar-refractivity contribution in [3.63, 3.8) is 0 Å². The van der Waals surface area contributed by atoms with E-state index in [1.807, 2.05) is 6.92 Å². The van der Waals surface area contributed by atoms with Crippen LogP contribution >= 0.6 is 11.6 Å². The van der Waals surface area contributed by atoms with Crippen molar-refractivity contribution in [3.05, 3.63) is 63.5 Å². The number of hydrogen-bond acceptors (Lipinski definition) is 5. The molecule has 0 radical (unpaired) electrons. The molecule has 6 nitrogen and oxygen atoms in total. The van der Waals surface area contributed by atoms with E-state index in [9.17, 15) is 22.8 Å². The Morgan fingerprint density at radius 1 is 1.14 bits per heavy atom. The summed E-state index contributed by atoms with van der Waals surface area (Å²) in [5, 5.41) is 0.281. The molecule has 0 amide bonds. The van der Waals surface area contributed by atoms with Crippen LogP contribution in [-0.4, -0.2) is 33.0 Å². The number of hydrogen-bond donors (Lipinski definition) is 1. The van der Waals surface area contributed by atoms with Crippen LogP contribution in [0.4, 0.5) is 13.2 Å². The van der Waals surface area contributed by atoms with E-state index in [0.717, 1.165) is 13.8 Å². The van der Waals surface area contributed by atoms with E-state index in [0.29, 0.717) is 28.4 Å². The highest BCUT2D eigenvalue weighted by atomic mass is 35.5. The van der Waals surface area contributed by atoms with Gasteiger partial charge in [-0.05, 0) is 87.9 Å². The first-order valence-corrected chi connectivity index (χ1v) is 12.4. The number of H-pyrrole nitrogens is 1. The number of Topliss-reactive ketones (excluding diaryl/α,β-unsaturated/α-hetero) is 1. The number of nitrogens with one attached hydrogen (secondary N) is 1. The first-order valence-electron chi connectivity index (χ1n) is 12.0. The van der Waals surface area contributed by atoms with Gasteiger partial charge in [-0.3, -0.25) is 9.78 Å². The number of benzene rings is 2. The maximum Gasteiger partial charge on any atom is 0.400 e. The maximum absolute atomic E-state index is 13.2. The molecule has 0 saturated heterocycles. The molecule has 1 saturated carbocycles. The van der Waals surface area contributed by atoms with Gasteiger partial charge in [-0.1, -0.05) is 17.7 Å². The predicted molar refractivity (Wildman–Crippen MR) is 135 cm³/mol. The quantitative estimate of drug-likeness (QED) is 0.343. The smallest absolute Gasteiger partial charge is 0.400 e. The van der Waals surface area contributed by atoms with Crippen molar-refractivity contribution >= 4 is 17.4 Å². The van der Waals surface area contributed by atoms with E-state index in [1.165, 1.54) is 12.8 Å². The summed E-state index contributed by atoms with van der Waals surface area (Å²) in [6.07, 6.45) is -2.37. The van der Waals surface area contributed by atoms with Gasteiger partial charge < -0.3 is 4.74 Å². The van der Waals surface area contributed by atoms with Gasteiger partial charge in [-0.15, -0.1) is 0 Å². The van der Waals surface area contributed by atoms with E-state index in [2.05, 4.69) is 15.0 Å². The average molecular weight is 534 g/mol. The van der Waals surface area contributed by atoms with Crippen molar-refractivity contribution in [1.82, 2.24) is 15.0 Å². The first kappa shape index (κ1) is 26.9. The Morgan fingerprint density at radius 2 is 1.81 bits per heavy atom. The highest BCUT2D eigenvalue weighted by Crippen LogP contribution is 2.39. The Morgan fingerprint density at radius 3 is 2.43 bits per heavy atom. The van der Waals surface area contributed by atoms with Gasteiger partial charge in [0.2, 0.25) is 0 Å². The van der Waals surface area contributed by atoms with Gasteiger partial charge in [0.25, 0.3) is 0 Å². The number of alkyl halides is 3. The fraction of sp³-hybridized carbons (Fsp3) is 0.407. The molecular formula is C27H27ClF3N3O3. The van der Waals surface area contributed by atoms with Crippen molar-refractivity contribution in [2.24, 2.45) is 11.3 Å². The number of aryl methyl sites for hydroxylation is 1. The van der Waals surface area contributed by atoms with Crippen LogP contribution in [0.5, 0.6) is 5.75 Å². The third-order valence-electron chi connectivity index (χ3n) is 6.70. The molecule has 10 heteroatoms. The SMILES string of the molecule is C[C@H](Oc1ccc(-c2nc(-c3cc(CCC(=O)C(C)(C)C(F)(F)F)ccc3Cl)[nH]c(=O)n2)cc1)C1CC1. The van der Waals surface area contributed by atoms with Crippen molar-refractivity contribution in [2.75, 3.05) is 0 Å². The lowest BCUT2D eigenvalue weighted by atomic mass is 9.84. The summed E-state index contributed by atoms with van der Waals surface area (Å²) in [7, 11) is 0. The van der Waals surface area contributed by atoms with Crippen LogP contribution in [0, 0.1) is 11.3 Å². The summed E-state index contributed by atoms with van der Waals surface area (Å²) < 4.78 is 45.5. The van der Waals surface area contributed by atoms with Gasteiger partial charge in [-0.25, -0.2) is 9.78 Å². The van der Waals surface area contributed by atoms with Gasteiger partial charge in [0.1, 0.15) is 22.8 Å². The Bertz CT molecular complexity index is 1350. The number of aromatic amines is 1. The molecule has 4 rings (SSSR count). The molecule has 0 unspecified atom stereocenters. The minimum absolute atomic E-state index is 0.0748. The number of halogens is 4. The molecule has 2 aromatic carbocycles. The second-order valence-corrected chi connectivity index (χ2v) is 10.3. The Kier molecular flexibility index (Phi) is 7.46. The second kappa shape index (κ2) is 10.3. The van der Waals surface area contributed by atoms with Crippen LogP contribution in [-0.2, 0) is 11.2 Å². The monoisotopic (exact) mass is 533 g/mol. The van der Waals surface area contributed by atoms with E-state index in [1.54, 1.807) is 42.5 Å². The minimum atomic E-state index is -4.63. The largest absolute Gasteiger partial charge is 0.490 e. The standard InChI is InChI=1S/C27H27ClF3N3O3/c1-15(17-6-7-17)37-19-10-8-18(9-11-19)23-32-24(34-25(36)33-23)20-14-16(4-12-21(20)28)5-13-22(35)26(2,3)27(29,30)31/h4,8-12,14-15,17H,5-7,13H2,1-3H3,(H,32,33,34,36)/t15-/m0/s1. The predicted octanol–water partition coefficient (Wildman–Crippen LogP) is 6.42. The van der Waals surface area contributed by atoms with E-state index in [-0.39, 0.29) is 35.6 Å². The highest BCUT2D eigenvalue weighted by molar-refractivity contribution is 6.33. The summed E-state index contributed by atoms with van der Waals surface area (Å²) in [5.74, 6) is 0.740. The molecule has 1 aliphatic carbocycles. The minimum Gasteiger partial charge on any atom is -0.490 e. The van der Waals surface area contributed by atoms with Crippen LogP contribution < -0.4 is 10.4 Å². The summed E-state index contributed by atoms with van der Waals surface area (Å²) in [6.45, 7) is 3.80. The van der Waals surface area contributed by atoms with Crippen molar-refractivity contribution < 1.29 is 22.7 Å².